The largest absolute Gasteiger partial charge is 0.508 e. The molecule has 1 aliphatic carbocycles. The zero-order valence-electron chi connectivity index (χ0n) is 8.74. The molecule has 0 spiro atoms. The average molecular weight is 285 g/mol. The van der Waals surface area contributed by atoms with E-state index in [0.29, 0.717) is 0 Å². The molecule has 0 aromatic heterocycles. The van der Waals surface area contributed by atoms with Gasteiger partial charge in [0, 0.05) is 15.5 Å². The van der Waals surface area contributed by atoms with E-state index in [0.717, 1.165) is 29.3 Å². The highest BCUT2D eigenvalue weighted by molar-refractivity contribution is 9.10. The van der Waals surface area contributed by atoms with Crippen LogP contribution in [0.3, 0.4) is 0 Å². The van der Waals surface area contributed by atoms with Crippen LogP contribution in [0.25, 0.3) is 0 Å². The Balaban J connectivity index is 2.44. The van der Waals surface area contributed by atoms with Gasteiger partial charge in [0.05, 0.1) is 6.42 Å². The maximum atomic E-state index is 10.9. The number of aliphatic carboxylic acids is 1. The van der Waals surface area contributed by atoms with Crippen molar-refractivity contribution in [1.29, 1.82) is 0 Å². The molecule has 0 bridgehead atoms. The molecule has 0 heterocycles. The third-order valence-corrected chi connectivity index (χ3v) is 3.98. The molecule has 0 amide bonds. The highest BCUT2D eigenvalue weighted by Gasteiger charge is 2.43. The van der Waals surface area contributed by atoms with Crippen LogP contribution in [0.4, 0.5) is 0 Å². The summed E-state index contributed by atoms with van der Waals surface area (Å²) in [5, 5.41) is 18.8. The lowest BCUT2D eigenvalue weighted by atomic mass is 9.62. The van der Waals surface area contributed by atoms with Crippen LogP contribution in [-0.2, 0) is 10.2 Å². The van der Waals surface area contributed by atoms with Crippen LogP contribution >= 0.6 is 15.9 Å². The summed E-state index contributed by atoms with van der Waals surface area (Å²) in [6.07, 6.45) is 2.77. The Hall–Kier alpha value is -1.03. The van der Waals surface area contributed by atoms with Crippen LogP contribution in [0.15, 0.2) is 22.7 Å². The van der Waals surface area contributed by atoms with Gasteiger partial charge in [0.1, 0.15) is 5.75 Å². The minimum absolute atomic E-state index is 0.0865. The van der Waals surface area contributed by atoms with Crippen LogP contribution < -0.4 is 0 Å². The summed E-state index contributed by atoms with van der Waals surface area (Å²) < 4.78 is 0.799. The Labute approximate surface area is 102 Å². The molecule has 0 atom stereocenters. The summed E-state index contributed by atoms with van der Waals surface area (Å²) in [5.41, 5.74) is 0.374. The van der Waals surface area contributed by atoms with E-state index < -0.39 is 5.97 Å². The highest BCUT2D eigenvalue weighted by Crippen LogP contribution is 2.51. The quantitative estimate of drug-likeness (QED) is 0.897. The molecular formula is C12H13BrO3. The monoisotopic (exact) mass is 284 g/mol. The van der Waals surface area contributed by atoms with Crippen LogP contribution in [0.1, 0.15) is 31.2 Å². The molecule has 0 saturated heterocycles. The maximum absolute atomic E-state index is 10.9. The third-order valence-electron chi connectivity index (χ3n) is 3.32. The van der Waals surface area contributed by atoms with E-state index in [1.165, 1.54) is 0 Å². The van der Waals surface area contributed by atoms with Gasteiger partial charge in [0.25, 0.3) is 0 Å². The second kappa shape index (κ2) is 4.09. The van der Waals surface area contributed by atoms with Gasteiger partial charge in [-0.1, -0.05) is 28.4 Å². The van der Waals surface area contributed by atoms with Crippen molar-refractivity contribution in [3.63, 3.8) is 0 Å². The van der Waals surface area contributed by atoms with Gasteiger partial charge >= 0.3 is 5.97 Å². The van der Waals surface area contributed by atoms with Gasteiger partial charge in [-0.3, -0.25) is 4.79 Å². The van der Waals surface area contributed by atoms with E-state index in [9.17, 15) is 9.90 Å². The van der Waals surface area contributed by atoms with E-state index in [2.05, 4.69) is 15.9 Å². The lowest BCUT2D eigenvalue weighted by Crippen LogP contribution is -2.37. The second-order valence-electron chi connectivity index (χ2n) is 4.34. The van der Waals surface area contributed by atoms with Crippen molar-refractivity contribution in [3.05, 3.63) is 28.2 Å². The minimum Gasteiger partial charge on any atom is -0.508 e. The molecule has 0 aliphatic heterocycles. The number of carboxylic acids is 1. The summed E-state index contributed by atoms with van der Waals surface area (Å²) in [4.78, 5) is 10.9. The molecule has 1 saturated carbocycles. The van der Waals surface area contributed by atoms with Crippen molar-refractivity contribution in [1.82, 2.24) is 0 Å². The normalized spacial score (nSPS) is 17.8. The molecule has 1 fully saturated rings. The molecule has 1 aliphatic rings. The highest BCUT2D eigenvalue weighted by atomic mass is 79.9. The van der Waals surface area contributed by atoms with E-state index >= 15 is 0 Å². The molecule has 0 radical (unpaired) electrons. The van der Waals surface area contributed by atoms with Crippen LogP contribution in [0.2, 0.25) is 0 Å². The first kappa shape index (κ1) is 11.5. The zero-order valence-corrected chi connectivity index (χ0v) is 10.3. The van der Waals surface area contributed by atoms with Crippen molar-refractivity contribution in [2.24, 2.45) is 0 Å². The summed E-state index contributed by atoms with van der Waals surface area (Å²) in [6.45, 7) is 0. The summed E-state index contributed by atoms with van der Waals surface area (Å²) in [5.74, 6) is -0.620. The van der Waals surface area contributed by atoms with Gasteiger partial charge in [-0.15, -0.1) is 0 Å². The van der Waals surface area contributed by atoms with Gasteiger partial charge in [0.2, 0.25) is 0 Å². The predicted octanol–water partition coefficient (Wildman–Crippen LogP) is 3.05. The van der Waals surface area contributed by atoms with Crippen molar-refractivity contribution in [3.8, 4) is 5.75 Å². The Morgan fingerprint density at radius 2 is 2.12 bits per heavy atom. The van der Waals surface area contributed by atoms with Gasteiger partial charge < -0.3 is 10.2 Å². The predicted molar refractivity (Wildman–Crippen MR) is 63.6 cm³/mol. The lowest BCUT2D eigenvalue weighted by Gasteiger charge is -2.42. The number of hydrogen-bond acceptors (Lipinski definition) is 2. The molecule has 0 unspecified atom stereocenters. The number of carbonyl (C=O) groups is 1. The first-order valence-corrected chi connectivity index (χ1v) is 6.04. The fourth-order valence-corrected chi connectivity index (χ4v) is 3.22. The van der Waals surface area contributed by atoms with Crippen molar-refractivity contribution in [2.45, 2.75) is 31.1 Å². The van der Waals surface area contributed by atoms with Crippen molar-refractivity contribution >= 4 is 21.9 Å². The Morgan fingerprint density at radius 1 is 1.44 bits per heavy atom. The van der Waals surface area contributed by atoms with E-state index in [4.69, 9.17) is 5.11 Å². The first-order chi connectivity index (χ1) is 7.55. The molecule has 1 aromatic carbocycles. The topological polar surface area (TPSA) is 57.5 Å². The van der Waals surface area contributed by atoms with Gasteiger partial charge in [-0.05, 0) is 25.0 Å². The number of benzene rings is 1. The third kappa shape index (κ3) is 1.82. The van der Waals surface area contributed by atoms with Crippen LogP contribution in [0, 0.1) is 0 Å². The number of phenols is 1. The molecule has 2 N–H and O–H groups in total. The molecular weight excluding hydrogens is 272 g/mol. The summed E-state index contributed by atoms with van der Waals surface area (Å²) >= 11 is 3.39. The van der Waals surface area contributed by atoms with Gasteiger partial charge in [0.15, 0.2) is 0 Å². The fourth-order valence-electron chi connectivity index (χ4n) is 2.45. The maximum Gasteiger partial charge on any atom is 0.304 e. The fraction of sp³-hybridized carbons (Fsp3) is 0.417. The zero-order chi connectivity index (χ0) is 11.8. The van der Waals surface area contributed by atoms with E-state index in [1.807, 2.05) is 6.07 Å². The number of halogens is 1. The Morgan fingerprint density at radius 3 is 2.56 bits per heavy atom. The number of carboxylic acid groups (broad SMARTS) is 1. The Bertz CT molecular complexity index is 404. The molecule has 1 aromatic rings. The molecule has 3 nitrogen and oxygen atoms in total. The number of aromatic hydroxyl groups is 1. The minimum atomic E-state index is -0.810. The number of hydrogen-bond donors (Lipinski definition) is 2. The van der Waals surface area contributed by atoms with Crippen molar-refractivity contribution in [2.75, 3.05) is 0 Å². The van der Waals surface area contributed by atoms with Crippen LogP contribution in [0.5, 0.6) is 5.75 Å². The number of phenolic OH excluding ortho intramolecular Hbond substituents is 1. The molecule has 86 valence electrons. The smallest absolute Gasteiger partial charge is 0.304 e. The first-order valence-electron chi connectivity index (χ1n) is 5.25. The molecule has 2 rings (SSSR count). The van der Waals surface area contributed by atoms with Gasteiger partial charge in [-0.2, -0.15) is 0 Å². The second-order valence-corrected chi connectivity index (χ2v) is 5.19. The summed E-state index contributed by atoms with van der Waals surface area (Å²) in [6, 6.07) is 5.20. The molecule has 16 heavy (non-hydrogen) atoms. The average Bonchev–Trinajstić information content (AvgIpc) is 2.12. The summed E-state index contributed by atoms with van der Waals surface area (Å²) in [7, 11) is 0. The standard InChI is InChI=1S/C12H13BrO3/c13-8-3-1-4-9(14)11(8)12(5-2-6-12)7-10(15)16/h1,3-4,14H,2,5-7H2,(H,15,16). The lowest BCUT2D eigenvalue weighted by molar-refractivity contribution is -0.139. The molecule has 4 heteroatoms. The number of rotatable bonds is 3. The SMILES string of the molecule is O=C(O)CC1(c2c(O)cccc2Br)CCC1. The van der Waals surface area contributed by atoms with Crippen LogP contribution in [-0.4, -0.2) is 16.2 Å². The van der Waals surface area contributed by atoms with Crippen molar-refractivity contribution < 1.29 is 15.0 Å². The van der Waals surface area contributed by atoms with Gasteiger partial charge in [-0.25, -0.2) is 0 Å². The van der Waals surface area contributed by atoms with E-state index in [-0.39, 0.29) is 17.6 Å². The van der Waals surface area contributed by atoms with E-state index in [1.54, 1.807) is 12.1 Å². The Kier molecular flexibility index (Phi) is 2.93.